The Labute approximate surface area is 704 Å². The summed E-state index contributed by atoms with van der Waals surface area (Å²) in [4.78, 5) is 34.4. The molecule has 7 aromatic carbocycles. The van der Waals surface area contributed by atoms with Crippen LogP contribution in [0.15, 0.2) is 196 Å². The first-order valence-corrected chi connectivity index (χ1v) is 43.0. The van der Waals surface area contributed by atoms with Gasteiger partial charge in [-0.3, -0.25) is 0 Å². The molecular weight excluding hydrogens is 1610 g/mol. The van der Waals surface area contributed by atoms with Crippen LogP contribution in [-0.4, -0.2) is 202 Å². The lowest BCUT2D eigenvalue weighted by Gasteiger charge is -2.31. The third-order valence-electron chi connectivity index (χ3n) is 19.8. The van der Waals surface area contributed by atoms with Gasteiger partial charge in [0.1, 0.15) is 41.0 Å². The van der Waals surface area contributed by atoms with Gasteiger partial charge in [-0.05, 0) is 166 Å². The lowest BCUT2D eigenvalue weighted by molar-refractivity contribution is -0.0909. The summed E-state index contributed by atoms with van der Waals surface area (Å²) < 4.78 is 142. The third-order valence-corrected chi connectivity index (χ3v) is 23.4. The van der Waals surface area contributed by atoms with Crippen LogP contribution < -0.4 is 64.3 Å². The van der Waals surface area contributed by atoms with E-state index in [0.717, 1.165) is 30.4 Å². The van der Waals surface area contributed by atoms with Gasteiger partial charge in [-0.2, -0.15) is 19.1 Å². The fourth-order valence-electron chi connectivity index (χ4n) is 13.7. The number of aliphatic hydroxyl groups is 2. The number of hydrogen-bond donors (Lipinski definition) is 6. The Morgan fingerprint density at radius 3 is 1.36 bits per heavy atom. The number of nitriles is 2. The summed E-state index contributed by atoms with van der Waals surface area (Å²) >= 11 is 0. The van der Waals surface area contributed by atoms with Gasteiger partial charge in [-0.15, -0.1) is 0 Å². The summed E-state index contributed by atoms with van der Waals surface area (Å²) in [6.45, 7) is 10.7. The number of nitrogens with two attached hydrogens (primary N) is 1. The quantitative estimate of drug-likeness (QED) is 0.00699. The number of ether oxygens (including phenoxy) is 15. The minimum absolute atomic E-state index is 0.000707. The predicted molar refractivity (Wildman–Crippen MR) is 440 cm³/mol. The number of aliphatic imine (C=N–C) groups is 2. The smallest absolute Gasteiger partial charge is 0.410 e. The number of carbonyl (C=O) groups is 2. The molecule has 0 unspecified atom stereocenters. The molecule has 0 aliphatic carbocycles. The number of nitrogens with zero attached hydrogens (tertiary/aromatic N) is 6. The monoisotopic (exact) mass is 1710 g/mol. The molecule has 10 atom stereocenters. The number of rotatable bonds is 36. The van der Waals surface area contributed by atoms with E-state index in [0.29, 0.717) is 111 Å². The summed E-state index contributed by atoms with van der Waals surface area (Å²) in [5, 5.41) is 49.0. The van der Waals surface area contributed by atoms with E-state index in [1.165, 1.54) is 32.9 Å². The number of alkyl carbamates (subject to hydrolysis) is 2. The van der Waals surface area contributed by atoms with Crippen LogP contribution in [0.5, 0.6) is 51.7 Å². The fraction of sp³-hybridized carbons (Fsp3) is 0.442. The molecule has 2 amide bonds. The first-order valence-electron chi connectivity index (χ1n) is 40.2. The predicted octanol–water partition coefficient (Wildman–Crippen LogP) is 9.81. The number of para-hydroxylation sites is 3. The molecule has 648 valence electrons. The maximum Gasteiger partial charge on any atom is 0.410 e. The Morgan fingerprint density at radius 2 is 0.950 bits per heavy atom. The van der Waals surface area contributed by atoms with Crippen LogP contribution in [0.25, 0.3) is 0 Å². The van der Waals surface area contributed by atoms with Gasteiger partial charge in [0.2, 0.25) is 39.8 Å². The largest absolute Gasteiger partial charge is 0.494 e. The highest BCUT2D eigenvalue weighted by molar-refractivity contribution is 7.89. The Hall–Kier alpha value is -11.1. The van der Waals surface area contributed by atoms with E-state index < -0.39 is 75.0 Å². The number of sulfonamides is 2. The highest BCUT2D eigenvalue weighted by Crippen LogP contribution is 2.39. The normalized spacial score (nSPS) is 18.9. The lowest BCUT2D eigenvalue weighted by atomic mass is 10.0. The number of amidine groups is 1. The minimum Gasteiger partial charge on any atom is -0.494 e. The molecule has 4 saturated heterocycles. The maximum atomic E-state index is 14.0. The van der Waals surface area contributed by atoms with Gasteiger partial charge < -0.3 is 97.6 Å². The molecule has 7 N–H and O–H groups in total. The first kappa shape index (κ1) is 90.7. The molecule has 35 heteroatoms. The highest BCUT2D eigenvalue weighted by Gasteiger charge is 2.46. The van der Waals surface area contributed by atoms with Gasteiger partial charge in [0, 0.05) is 44.9 Å². The van der Waals surface area contributed by atoms with Crippen LogP contribution in [0, 0.1) is 46.6 Å². The molecule has 6 aliphatic heterocycles. The van der Waals surface area contributed by atoms with Crippen molar-refractivity contribution < 1.29 is 108 Å². The Kier molecular flexibility index (Phi) is 34.1. The first-order chi connectivity index (χ1) is 58.6. The van der Waals surface area contributed by atoms with Crippen molar-refractivity contribution in [2.75, 3.05) is 92.5 Å². The van der Waals surface area contributed by atoms with Crippen LogP contribution >= 0.6 is 0 Å². The summed E-state index contributed by atoms with van der Waals surface area (Å²) in [5.41, 5.74) is 7.12. The van der Waals surface area contributed by atoms with Crippen molar-refractivity contribution in [3.8, 4) is 64.1 Å². The van der Waals surface area contributed by atoms with E-state index >= 15 is 0 Å². The van der Waals surface area contributed by atoms with E-state index in [4.69, 9.17) is 87.3 Å². The lowest BCUT2D eigenvalue weighted by Crippen LogP contribution is -2.51. The van der Waals surface area contributed by atoms with Crippen LogP contribution in [0.1, 0.15) is 77.3 Å². The number of nitrogens with one attached hydrogen (secondary N) is 3. The molecule has 0 radical (unpaired) electrons. The Morgan fingerprint density at radius 1 is 0.529 bits per heavy atom. The molecule has 6 heterocycles. The Bertz CT molecular complexity index is 4780. The third kappa shape index (κ3) is 27.2. The van der Waals surface area contributed by atoms with E-state index in [-0.39, 0.29) is 118 Å². The number of benzene rings is 7. The van der Waals surface area contributed by atoms with Gasteiger partial charge in [0.05, 0.1) is 85.6 Å². The molecule has 0 saturated carbocycles. The van der Waals surface area contributed by atoms with Crippen molar-refractivity contribution in [2.24, 2.45) is 39.4 Å². The number of fused-ring (bicyclic) bond motifs is 4. The zero-order chi connectivity index (χ0) is 85.5. The number of aliphatic hydroxyl groups excluding tert-OH is 2. The molecule has 0 spiro atoms. The van der Waals surface area contributed by atoms with Crippen LogP contribution in [0.3, 0.4) is 0 Å². The zero-order valence-corrected chi connectivity index (χ0v) is 69.4. The zero-order valence-electron chi connectivity index (χ0n) is 67.8. The Balaban J connectivity index is 0.000000199. The van der Waals surface area contributed by atoms with E-state index in [9.17, 15) is 36.6 Å². The standard InChI is InChI=1S/C40H49N5O11S.C32H45N3O10S.C14H10N2O2/c1-27(2)22-45(57(48,49)31-14-15-35-36(21-31)54-26-53-35)23-34(46)33(44-40(47)56-37-24-52-38-32(37)16-19-51-38)20-28-10-12-29(13-11-28)50-18-7-6-17-42-39(43-25-41)55-30-8-4-3-5-9-30;1-21(2)17-35(46(38,39)24-9-10-28-29(16-24)44-20-43-28)18-27(36)26(15-22-5-7-23(8-6-22)40-13-4-3-12-33)34-32(37)45-30-19-42-31-25(30)11-14-41-31;15-11-16-14(17-12-7-3-1-4-8-12)18-13-9-5-2-6-10-13/h3-5,8-15,21,27,32-34,37-38,46H,6-7,16-20,22-24,26H2,1-2H3,(H,42,43)(H,44,47);5-10,16,21,25-27,30-31,36H,3-4,11-15,17-20,33H2,1-2H3,(H,34,37);1-10H/t32-,33-,34+,37-,38+;25-,26-,27+,30-,31+;/m00./s1. The van der Waals surface area contributed by atoms with Crippen LogP contribution in [0.4, 0.5) is 9.59 Å². The molecule has 6 aliphatic rings. The summed E-state index contributed by atoms with van der Waals surface area (Å²) in [6.07, 6.45) is 2.38. The molecule has 121 heavy (non-hydrogen) atoms. The average molecular weight is 1710 g/mol. The van der Waals surface area contributed by atoms with Gasteiger partial charge in [0.15, 0.2) is 41.8 Å². The van der Waals surface area contributed by atoms with Crippen molar-refractivity contribution in [3.05, 3.63) is 187 Å². The molecule has 0 bridgehead atoms. The van der Waals surface area contributed by atoms with Crippen LogP contribution in [0.2, 0.25) is 0 Å². The molecule has 13 rings (SSSR count). The number of carbonyl (C=O) groups excluding carboxylic acids is 2. The molecule has 0 aromatic heterocycles. The van der Waals surface area contributed by atoms with Crippen molar-refractivity contribution in [3.63, 3.8) is 0 Å². The molecular formula is C86H104N10O23S2. The number of unbranched alkanes of at least 4 members (excludes halogenated alkanes) is 2. The van der Waals surface area contributed by atoms with E-state index in [1.54, 1.807) is 66.9 Å². The van der Waals surface area contributed by atoms with Crippen molar-refractivity contribution in [2.45, 2.75) is 138 Å². The number of hydrogen-bond acceptors (Lipinski definition) is 28. The topological polar surface area (TPSA) is 422 Å². The second kappa shape index (κ2) is 45.5. The van der Waals surface area contributed by atoms with Crippen molar-refractivity contribution in [1.82, 2.24) is 24.6 Å². The fourth-order valence-corrected chi connectivity index (χ4v) is 17.0. The van der Waals surface area contributed by atoms with Gasteiger partial charge in [-0.1, -0.05) is 112 Å². The highest BCUT2D eigenvalue weighted by atomic mass is 32.2. The maximum absolute atomic E-state index is 14.0. The van der Waals surface area contributed by atoms with Gasteiger partial charge >= 0.3 is 24.3 Å². The van der Waals surface area contributed by atoms with E-state index in [1.807, 2.05) is 125 Å². The summed E-state index contributed by atoms with van der Waals surface area (Å²) in [5.74, 6) is 4.31. The van der Waals surface area contributed by atoms with Gasteiger partial charge in [0.25, 0.3) is 0 Å². The molecule has 33 nitrogen and oxygen atoms in total. The van der Waals surface area contributed by atoms with Crippen LogP contribution in [-0.2, 0) is 61.3 Å². The molecule has 4 fully saturated rings. The second-order valence-corrected chi connectivity index (χ2v) is 33.7. The van der Waals surface area contributed by atoms with Gasteiger partial charge in [-0.25, -0.2) is 36.7 Å². The average Bonchev–Trinajstić information content (AvgIpc) is 1.71. The number of amides is 2. The van der Waals surface area contributed by atoms with Crippen molar-refractivity contribution >= 4 is 44.3 Å². The SMILES string of the molecule is CC(C)CN(C[C@@H](O)[C@H](Cc1ccc(OCCCCN)cc1)NC(=O)O[C@H]1CO[C@H]2OCC[C@H]21)S(=O)(=O)c1ccc2c(c1)OCO2.CC(C)CN(C[C@@H](O)[C@H](Cc1ccc(OCCCCN=C(NC#N)Oc2ccccc2)cc1)NC(=O)O[C@H]1CO[C@H]2OCC[C@H]21)S(=O)(=O)c1ccc2c(c1)OCO2.N#CN=C(Oc1ccccc1)Oc1ccccc1. The minimum atomic E-state index is -4.10. The van der Waals surface area contributed by atoms with Crippen molar-refractivity contribution in [1.29, 1.82) is 10.5 Å². The summed E-state index contributed by atoms with van der Waals surface area (Å²) in [6, 6.07) is 48.8. The molecule has 7 aromatic rings. The van der Waals surface area contributed by atoms with E-state index in [2.05, 4.69) is 25.9 Å². The summed E-state index contributed by atoms with van der Waals surface area (Å²) in [7, 11) is -8.16. The second-order valence-electron chi connectivity index (χ2n) is 29.8.